The number of halogens is 1. The van der Waals surface area contributed by atoms with Gasteiger partial charge in [0.05, 0.1) is 18.2 Å². The van der Waals surface area contributed by atoms with Crippen LogP contribution in [0.1, 0.15) is 42.2 Å². The molecule has 0 atom stereocenters. The first-order valence-electron chi connectivity index (χ1n) is 9.07. The zero-order chi connectivity index (χ0) is 18.6. The number of rotatable bonds is 2. The Morgan fingerprint density at radius 3 is 3.04 bits per heavy atom. The predicted octanol–water partition coefficient (Wildman–Crippen LogP) is 4.40. The molecule has 0 fully saturated rings. The lowest BCUT2D eigenvalue weighted by Crippen LogP contribution is -2.23. The molecule has 2 aromatic rings. The minimum Gasteiger partial charge on any atom is -0.440 e. The average Bonchev–Trinajstić information content (AvgIpc) is 2.92. The highest BCUT2D eigenvalue weighted by Gasteiger charge is 2.22. The van der Waals surface area contributed by atoms with Crippen molar-refractivity contribution in [3.05, 3.63) is 65.2 Å². The van der Waals surface area contributed by atoms with E-state index in [1.165, 1.54) is 12.1 Å². The van der Waals surface area contributed by atoms with Crippen molar-refractivity contribution in [2.24, 2.45) is 4.99 Å². The van der Waals surface area contributed by atoms with Crippen LogP contribution in [-0.2, 0) is 13.0 Å². The summed E-state index contributed by atoms with van der Waals surface area (Å²) in [5, 5.41) is 9.10. The van der Waals surface area contributed by atoms with Gasteiger partial charge in [-0.3, -0.25) is 4.99 Å². The van der Waals surface area contributed by atoms with Crippen LogP contribution in [0.15, 0.2) is 45.8 Å². The second-order valence-corrected chi connectivity index (χ2v) is 6.60. The van der Waals surface area contributed by atoms with Crippen LogP contribution in [0.25, 0.3) is 5.70 Å². The lowest BCUT2D eigenvalue weighted by atomic mass is 10.2. The van der Waals surface area contributed by atoms with E-state index in [2.05, 4.69) is 16.1 Å². The van der Waals surface area contributed by atoms with Gasteiger partial charge in [-0.2, -0.15) is 5.26 Å². The number of hydrogen-bond acceptors (Lipinski definition) is 5. The van der Waals surface area contributed by atoms with Gasteiger partial charge in [-0.25, -0.2) is 9.37 Å². The molecule has 2 aliphatic heterocycles. The molecule has 27 heavy (non-hydrogen) atoms. The van der Waals surface area contributed by atoms with Gasteiger partial charge < -0.3 is 9.32 Å². The number of anilines is 1. The maximum atomic E-state index is 13.8. The van der Waals surface area contributed by atoms with Crippen molar-refractivity contribution >= 4 is 17.6 Å². The third-order valence-corrected chi connectivity index (χ3v) is 4.65. The molecule has 0 unspecified atom stereocenters. The Labute approximate surface area is 157 Å². The van der Waals surface area contributed by atoms with Crippen LogP contribution in [0, 0.1) is 17.1 Å². The Kier molecular flexibility index (Phi) is 4.84. The number of hydrogen-bond donors (Lipinski definition) is 0. The molecule has 0 amide bonds. The van der Waals surface area contributed by atoms with Crippen LogP contribution in [0.3, 0.4) is 0 Å². The zero-order valence-electron chi connectivity index (χ0n) is 14.9. The number of aromatic nitrogens is 1. The monoisotopic (exact) mass is 362 g/mol. The molecule has 1 aromatic carbocycles. The lowest BCUT2D eigenvalue weighted by Gasteiger charge is -2.22. The molecule has 3 heterocycles. The highest BCUT2D eigenvalue weighted by Crippen LogP contribution is 2.28. The Balaban J connectivity index is 1.63. The van der Waals surface area contributed by atoms with Crippen molar-refractivity contribution < 1.29 is 8.81 Å². The van der Waals surface area contributed by atoms with E-state index >= 15 is 0 Å². The minimum absolute atomic E-state index is 0.317. The van der Waals surface area contributed by atoms with Gasteiger partial charge in [-0.05, 0) is 43.5 Å². The van der Waals surface area contributed by atoms with Crippen molar-refractivity contribution in [2.75, 3.05) is 11.4 Å². The third-order valence-electron chi connectivity index (χ3n) is 4.65. The fourth-order valence-electron chi connectivity index (χ4n) is 3.34. The van der Waals surface area contributed by atoms with Crippen molar-refractivity contribution in [3.63, 3.8) is 0 Å². The van der Waals surface area contributed by atoms with Crippen LogP contribution in [0.2, 0.25) is 0 Å². The van der Waals surface area contributed by atoms with E-state index in [1.54, 1.807) is 12.3 Å². The first kappa shape index (κ1) is 17.2. The number of allylic oxidation sites excluding steroid dienone is 3. The van der Waals surface area contributed by atoms with E-state index in [4.69, 9.17) is 9.68 Å². The number of aryl methyl sites for hydroxylation is 1. The van der Waals surface area contributed by atoms with Gasteiger partial charge in [0, 0.05) is 24.9 Å². The molecule has 5 nitrogen and oxygen atoms in total. The standard InChI is InChI=1S/C21H19FN4O/c22-16-10-15(13-23)11-17(12-16)26-9-5-7-20-19(14-26)25-21(27-20)18-6-3-1-2-4-8-24-18/h2,4,6,8,10-12H,1,3,5,7,9,14H2. The van der Waals surface area contributed by atoms with E-state index in [1.807, 2.05) is 23.1 Å². The highest BCUT2D eigenvalue weighted by atomic mass is 19.1. The van der Waals surface area contributed by atoms with E-state index in [0.717, 1.165) is 49.4 Å². The van der Waals surface area contributed by atoms with Gasteiger partial charge >= 0.3 is 0 Å². The summed E-state index contributed by atoms with van der Waals surface area (Å²) in [5.41, 5.74) is 2.60. The normalized spacial score (nSPS) is 16.7. The molecule has 2 aliphatic rings. The predicted molar refractivity (Wildman–Crippen MR) is 102 cm³/mol. The molecule has 4 rings (SSSR count). The number of oxazole rings is 1. The zero-order valence-corrected chi connectivity index (χ0v) is 14.9. The summed E-state index contributed by atoms with van der Waals surface area (Å²) in [7, 11) is 0. The minimum atomic E-state index is -0.406. The van der Waals surface area contributed by atoms with E-state index in [-0.39, 0.29) is 0 Å². The first-order valence-corrected chi connectivity index (χ1v) is 9.07. The molecule has 0 radical (unpaired) electrons. The quantitative estimate of drug-likeness (QED) is 0.794. The average molecular weight is 362 g/mol. The fourth-order valence-corrected chi connectivity index (χ4v) is 3.34. The van der Waals surface area contributed by atoms with Gasteiger partial charge in [-0.1, -0.05) is 12.2 Å². The van der Waals surface area contributed by atoms with Crippen molar-refractivity contribution in [1.29, 1.82) is 5.26 Å². The Morgan fingerprint density at radius 1 is 1.22 bits per heavy atom. The van der Waals surface area contributed by atoms with Crippen LogP contribution in [0.4, 0.5) is 10.1 Å². The van der Waals surface area contributed by atoms with Crippen LogP contribution < -0.4 is 4.90 Å². The fraction of sp³-hybridized carbons (Fsp3) is 0.286. The SMILES string of the molecule is N#Cc1cc(F)cc(N2CCCc3oc(C4=CCCC=CC=N4)nc3C2)c1. The van der Waals surface area contributed by atoms with Crippen LogP contribution in [-0.4, -0.2) is 17.7 Å². The molecule has 0 N–H and O–H groups in total. The lowest BCUT2D eigenvalue weighted by molar-refractivity contribution is 0.486. The Hall–Kier alpha value is -3.20. The molecule has 0 saturated heterocycles. The number of fused-ring (bicyclic) bond motifs is 1. The molecule has 0 aliphatic carbocycles. The van der Waals surface area contributed by atoms with Crippen molar-refractivity contribution in [2.45, 2.75) is 32.2 Å². The van der Waals surface area contributed by atoms with E-state index in [9.17, 15) is 4.39 Å². The summed E-state index contributed by atoms with van der Waals surface area (Å²) in [5.74, 6) is 0.986. The molecular formula is C21H19FN4O. The van der Waals surface area contributed by atoms with Gasteiger partial charge in [0.15, 0.2) is 0 Å². The smallest absolute Gasteiger partial charge is 0.245 e. The summed E-state index contributed by atoms with van der Waals surface area (Å²) < 4.78 is 19.8. The van der Waals surface area contributed by atoms with Crippen LogP contribution >= 0.6 is 0 Å². The Morgan fingerprint density at radius 2 is 2.15 bits per heavy atom. The van der Waals surface area contributed by atoms with Gasteiger partial charge in [-0.15, -0.1) is 0 Å². The van der Waals surface area contributed by atoms with Gasteiger partial charge in [0.25, 0.3) is 0 Å². The number of nitrogens with zero attached hydrogens (tertiary/aromatic N) is 4. The Bertz CT molecular complexity index is 981. The van der Waals surface area contributed by atoms with E-state index < -0.39 is 5.82 Å². The molecule has 0 saturated carbocycles. The van der Waals surface area contributed by atoms with Gasteiger partial charge in [0.1, 0.15) is 23.0 Å². The highest BCUT2D eigenvalue weighted by molar-refractivity contribution is 5.78. The maximum Gasteiger partial charge on any atom is 0.245 e. The largest absolute Gasteiger partial charge is 0.440 e. The van der Waals surface area contributed by atoms with Crippen molar-refractivity contribution in [1.82, 2.24) is 4.98 Å². The topological polar surface area (TPSA) is 65.4 Å². The summed E-state index contributed by atoms with van der Waals surface area (Å²) in [6, 6.07) is 6.43. The molecular weight excluding hydrogens is 343 g/mol. The van der Waals surface area contributed by atoms with Crippen molar-refractivity contribution in [3.8, 4) is 6.07 Å². The number of aliphatic imine (C=N–C) groups is 1. The molecule has 0 spiro atoms. The molecule has 0 bridgehead atoms. The number of nitriles is 1. The number of benzene rings is 1. The second kappa shape index (κ2) is 7.58. The van der Waals surface area contributed by atoms with E-state index in [0.29, 0.717) is 23.7 Å². The summed E-state index contributed by atoms with van der Waals surface area (Å²) in [6.07, 6.45) is 11.3. The van der Waals surface area contributed by atoms with Gasteiger partial charge in [0.2, 0.25) is 5.89 Å². The summed E-state index contributed by atoms with van der Waals surface area (Å²) in [6.45, 7) is 1.27. The molecule has 6 heteroatoms. The first-order chi connectivity index (χ1) is 13.2. The summed E-state index contributed by atoms with van der Waals surface area (Å²) in [4.78, 5) is 11.1. The summed E-state index contributed by atoms with van der Waals surface area (Å²) >= 11 is 0. The maximum absolute atomic E-state index is 13.8. The third kappa shape index (κ3) is 3.82. The molecule has 1 aromatic heterocycles. The second-order valence-electron chi connectivity index (χ2n) is 6.60. The van der Waals surface area contributed by atoms with Crippen LogP contribution in [0.5, 0.6) is 0 Å². The molecule has 136 valence electrons.